The van der Waals surface area contributed by atoms with E-state index in [1.165, 1.54) is 7.11 Å². The second-order valence-corrected chi connectivity index (χ2v) is 6.39. The van der Waals surface area contributed by atoms with Crippen LogP contribution >= 0.6 is 11.6 Å². The summed E-state index contributed by atoms with van der Waals surface area (Å²) in [4.78, 5) is 21.0. The van der Waals surface area contributed by atoms with Crippen LogP contribution in [-0.2, 0) is 0 Å². The van der Waals surface area contributed by atoms with Crippen LogP contribution in [0.15, 0.2) is 67.1 Å². The van der Waals surface area contributed by atoms with Crippen molar-refractivity contribution in [3.63, 3.8) is 0 Å². The quantitative estimate of drug-likeness (QED) is 0.526. The summed E-state index contributed by atoms with van der Waals surface area (Å²) in [7, 11) is 1.53. The number of ether oxygens (including phenoxy) is 1. The number of fused-ring (bicyclic) bond motifs is 1. The number of urea groups is 1. The number of rotatable bonds is 4. The van der Waals surface area contributed by atoms with Gasteiger partial charge in [0.2, 0.25) is 5.78 Å². The van der Waals surface area contributed by atoms with Gasteiger partial charge in [-0.3, -0.25) is 4.40 Å². The van der Waals surface area contributed by atoms with E-state index in [1.807, 2.05) is 47.1 Å². The number of carbonyl (C=O) groups excluding carboxylic acids is 1. The fraction of sp³-hybridized carbons (Fsp3) is 0.0500. The third kappa shape index (κ3) is 3.74. The zero-order chi connectivity index (χ0) is 19.5. The van der Waals surface area contributed by atoms with E-state index in [9.17, 15) is 4.79 Å². The van der Waals surface area contributed by atoms with E-state index in [0.29, 0.717) is 27.9 Å². The Balaban J connectivity index is 1.47. The maximum atomic E-state index is 12.3. The summed E-state index contributed by atoms with van der Waals surface area (Å²) < 4.78 is 7.08. The number of nitrogens with zero attached hydrogens (tertiary/aromatic N) is 3. The molecule has 0 bridgehead atoms. The molecular formula is C20H16ClN5O2. The van der Waals surface area contributed by atoms with E-state index in [2.05, 4.69) is 20.6 Å². The molecule has 0 unspecified atom stereocenters. The smallest absolute Gasteiger partial charge is 0.323 e. The van der Waals surface area contributed by atoms with Crippen molar-refractivity contribution < 1.29 is 9.53 Å². The van der Waals surface area contributed by atoms with Crippen LogP contribution in [0.1, 0.15) is 0 Å². The van der Waals surface area contributed by atoms with Crippen LogP contribution in [0.25, 0.3) is 17.0 Å². The van der Waals surface area contributed by atoms with Gasteiger partial charge in [-0.25, -0.2) is 14.8 Å². The molecule has 4 aromatic rings. The largest absolute Gasteiger partial charge is 0.495 e. The Kier molecular flexibility index (Phi) is 4.82. The Bertz CT molecular complexity index is 1110. The molecule has 0 atom stereocenters. The molecule has 0 saturated carbocycles. The molecule has 28 heavy (non-hydrogen) atoms. The second-order valence-electron chi connectivity index (χ2n) is 5.95. The number of aromatic nitrogens is 3. The van der Waals surface area contributed by atoms with Gasteiger partial charge < -0.3 is 15.4 Å². The van der Waals surface area contributed by atoms with Crippen LogP contribution in [0.4, 0.5) is 16.2 Å². The summed E-state index contributed by atoms with van der Waals surface area (Å²) >= 11 is 5.98. The van der Waals surface area contributed by atoms with E-state index < -0.39 is 6.03 Å². The minimum absolute atomic E-state index is 0.398. The van der Waals surface area contributed by atoms with Crippen LogP contribution in [0, 0.1) is 0 Å². The maximum absolute atomic E-state index is 12.3. The summed E-state index contributed by atoms with van der Waals surface area (Å²) in [6.07, 6.45) is 5.50. The first kappa shape index (κ1) is 17.8. The molecule has 2 aromatic heterocycles. The normalized spacial score (nSPS) is 10.6. The van der Waals surface area contributed by atoms with Crippen LogP contribution < -0.4 is 15.4 Å². The van der Waals surface area contributed by atoms with Gasteiger partial charge in [0, 0.05) is 34.9 Å². The molecule has 0 spiro atoms. The van der Waals surface area contributed by atoms with Crippen molar-refractivity contribution in [2.24, 2.45) is 0 Å². The number of nitrogens with one attached hydrogen (secondary N) is 2. The van der Waals surface area contributed by atoms with Gasteiger partial charge in [0.25, 0.3) is 0 Å². The van der Waals surface area contributed by atoms with Crippen LogP contribution in [0.3, 0.4) is 0 Å². The van der Waals surface area contributed by atoms with Crippen molar-refractivity contribution in [2.75, 3.05) is 17.7 Å². The molecule has 140 valence electrons. The Hall–Kier alpha value is -3.58. The number of imidazole rings is 1. The van der Waals surface area contributed by atoms with Crippen molar-refractivity contribution >= 4 is 34.8 Å². The molecule has 2 N–H and O–H groups in total. The summed E-state index contributed by atoms with van der Waals surface area (Å²) in [5.41, 5.74) is 2.86. The first-order valence-corrected chi connectivity index (χ1v) is 8.82. The SMILES string of the molecule is COc1ccc(Cl)cc1NC(=O)Nc1ccc(-c2cn3cccnc3n2)cc1. The molecule has 2 heterocycles. The lowest BCUT2D eigenvalue weighted by molar-refractivity contribution is 0.262. The van der Waals surface area contributed by atoms with Gasteiger partial charge in [-0.05, 0) is 36.4 Å². The lowest BCUT2D eigenvalue weighted by Crippen LogP contribution is -2.19. The molecule has 2 aromatic carbocycles. The lowest BCUT2D eigenvalue weighted by atomic mass is 10.1. The number of halogens is 1. The van der Waals surface area contributed by atoms with Crippen LogP contribution in [0.2, 0.25) is 5.02 Å². The van der Waals surface area contributed by atoms with E-state index in [1.54, 1.807) is 24.4 Å². The second kappa shape index (κ2) is 7.58. The van der Waals surface area contributed by atoms with Gasteiger partial charge in [-0.15, -0.1) is 0 Å². The summed E-state index contributed by atoms with van der Waals surface area (Å²) in [6.45, 7) is 0. The highest BCUT2D eigenvalue weighted by Crippen LogP contribution is 2.28. The number of methoxy groups -OCH3 is 1. The van der Waals surface area contributed by atoms with Gasteiger partial charge in [0.05, 0.1) is 18.5 Å². The molecule has 0 saturated heterocycles. The molecule has 0 aliphatic heterocycles. The lowest BCUT2D eigenvalue weighted by Gasteiger charge is -2.11. The van der Waals surface area contributed by atoms with Crippen molar-refractivity contribution in [3.8, 4) is 17.0 Å². The minimum atomic E-state index is -0.398. The maximum Gasteiger partial charge on any atom is 0.323 e. The molecule has 8 heteroatoms. The Morgan fingerprint density at radius 3 is 2.71 bits per heavy atom. The molecule has 0 fully saturated rings. The third-order valence-electron chi connectivity index (χ3n) is 4.08. The highest BCUT2D eigenvalue weighted by atomic mass is 35.5. The number of carbonyl (C=O) groups is 1. The molecule has 0 aliphatic carbocycles. The zero-order valence-corrected chi connectivity index (χ0v) is 15.6. The van der Waals surface area contributed by atoms with Crippen molar-refractivity contribution in [2.45, 2.75) is 0 Å². The zero-order valence-electron chi connectivity index (χ0n) is 14.9. The number of hydrogen-bond donors (Lipinski definition) is 2. The molecule has 7 nitrogen and oxygen atoms in total. The Labute approximate surface area is 166 Å². The summed E-state index contributed by atoms with van der Waals surface area (Å²) in [5.74, 6) is 1.16. The minimum Gasteiger partial charge on any atom is -0.495 e. The Morgan fingerprint density at radius 1 is 1.14 bits per heavy atom. The van der Waals surface area contributed by atoms with E-state index >= 15 is 0 Å². The number of hydrogen-bond acceptors (Lipinski definition) is 4. The van der Waals surface area contributed by atoms with Crippen molar-refractivity contribution in [1.29, 1.82) is 0 Å². The molecule has 0 aliphatic rings. The van der Waals surface area contributed by atoms with Gasteiger partial charge in [-0.1, -0.05) is 23.7 Å². The molecule has 2 amide bonds. The summed E-state index contributed by atoms with van der Waals surface area (Å²) in [6, 6.07) is 13.8. The fourth-order valence-corrected chi connectivity index (χ4v) is 2.93. The van der Waals surface area contributed by atoms with Crippen molar-refractivity contribution in [3.05, 3.63) is 72.1 Å². The predicted octanol–water partition coefficient (Wildman–Crippen LogP) is 4.70. The number of anilines is 2. The predicted molar refractivity (Wildman–Crippen MR) is 109 cm³/mol. The van der Waals surface area contributed by atoms with Gasteiger partial charge in [0.1, 0.15) is 5.75 Å². The first-order chi connectivity index (χ1) is 13.6. The Morgan fingerprint density at radius 2 is 1.96 bits per heavy atom. The van der Waals surface area contributed by atoms with E-state index in [-0.39, 0.29) is 0 Å². The number of amides is 2. The average molecular weight is 394 g/mol. The molecule has 4 rings (SSSR count). The highest BCUT2D eigenvalue weighted by molar-refractivity contribution is 6.31. The first-order valence-electron chi connectivity index (χ1n) is 8.44. The fourth-order valence-electron chi connectivity index (χ4n) is 2.76. The van der Waals surface area contributed by atoms with Crippen LogP contribution in [0.5, 0.6) is 5.75 Å². The van der Waals surface area contributed by atoms with Gasteiger partial charge >= 0.3 is 6.03 Å². The molecule has 0 radical (unpaired) electrons. The third-order valence-corrected chi connectivity index (χ3v) is 4.32. The topological polar surface area (TPSA) is 80.5 Å². The van der Waals surface area contributed by atoms with Crippen molar-refractivity contribution in [1.82, 2.24) is 14.4 Å². The van der Waals surface area contributed by atoms with E-state index in [4.69, 9.17) is 16.3 Å². The number of benzene rings is 2. The average Bonchev–Trinajstić information content (AvgIpc) is 3.13. The van der Waals surface area contributed by atoms with Gasteiger partial charge in [0.15, 0.2) is 0 Å². The standard InChI is InChI=1S/C20H16ClN5O2/c1-28-18-8-5-14(21)11-16(18)25-20(27)23-15-6-3-13(4-7-15)17-12-26-10-2-9-22-19(26)24-17/h2-12H,1H3,(H2,23,25,27). The summed E-state index contributed by atoms with van der Waals surface area (Å²) in [5, 5.41) is 6.01. The van der Waals surface area contributed by atoms with E-state index in [0.717, 1.165) is 11.3 Å². The van der Waals surface area contributed by atoms with Crippen LogP contribution in [-0.4, -0.2) is 27.5 Å². The highest BCUT2D eigenvalue weighted by Gasteiger charge is 2.09. The monoisotopic (exact) mass is 393 g/mol. The molecular weight excluding hydrogens is 378 g/mol. The van der Waals surface area contributed by atoms with Gasteiger partial charge in [-0.2, -0.15) is 0 Å².